The van der Waals surface area contributed by atoms with Gasteiger partial charge in [0, 0.05) is 6.42 Å². The number of rotatable bonds is 8. The smallest absolute Gasteiger partial charge is 0.0841 e. The minimum Gasteiger partial charge on any atom is -0.393 e. The fourth-order valence-corrected chi connectivity index (χ4v) is 6.40. The topological polar surface area (TPSA) is 69.9 Å². The lowest BCUT2D eigenvalue weighted by Gasteiger charge is -2.45. The van der Waals surface area contributed by atoms with Crippen molar-refractivity contribution in [3.05, 3.63) is 47.1 Å². The van der Waals surface area contributed by atoms with Crippen LogP contribution >= 0.6 is 0 Å². The molecule has 0 bridgehead atoms. The van der Waals surface area contributed by atoms with E-state index in [0.717, 1.165) is 49.7 Å². The van der Waals surface area contributed by atoms with Crippen LogP contribution in [-0.2, 0) is 4.74 Å². The molecule has 0 aromatic carbocycles. The normalized spacial score (nSPS) is 33.5. The lowest BCUT2D eigenvalue weighted by atomic mass is 9.62. The minimum absolute atomic E-state index is 0.0699. The summed E-state index contributed by atoms with van der Waals surface area (Å²) in [6.07, 6.45) is 13.1. The van der Waals surface area contributed by atoms with E-state index < -0.39 is 17.8 Å². The maximum absolute atomic E-state index is 10.6. The summed E-state index contributed by atoms with van der Waals surface area (Å²) < 4.78 is 6.43. The largest absolute Gasteiger partial charge is 0.393 e. The van der Waals surface area contributed by atoms with Crippen molar-refractivity contribution in [2.24, 2.45) is 11.3 Å². The highest BCUT2D eigenvalue weighted by Crippen LogP contribution is 2.57. The molecule has 3 aliphatic carbocycles. The zero-order valence-corrected chi connectivity index (χ0v) is 21.5. The Hall–Kier alpha value is -1.20. The van der Waals surface area contributed by atoms with Gasteiger partial charge in [-0.25, -0.2) is 0 Å². The molecule has 4 nitrogen and oxygen atoms in total. The molecule has 4 atom stereocenters. The van der Waals surface area contributed by atoms with Crippen molar-refractivity contribution in [2.45, 2.75) is 116 Å². The molecule has 3 aliphatic rings. The van der Waals surface area contributed by atoms with Crippen LogP contribution < -0.4 is 0 Å². The van der Waals surface area contributed by atoms with Crippen molar-refractivity contribution in [1.29, 1.82) is 0 Å². The molecular weight excluding hydrogens is 412 g/mol. The number of aliphatic hydroxyl groups excluding tert-OH is 2. The summed E-state index contributed by atoms with van der Waals surface area (Å²) in [5.74, 6) is 0.455. The number of fused-ring (bicyclic) bond motifs is 1. The third-order valence-electron chi connectivity index (χ3n) is 8.81. The number of hydrogen-bond donors (Lipinski definition) is 3. The first-order chi connectivity index (χ1) is 15.5. The maximum Gasteiger partial charge on any atom is 0.0841 e. The molecular formula is C29H46O4. The molecule has 0 spiro atoms. The molecule has 4 heteroatoms. The van der Waals surface area contributed by atoms with Crippen molar-refractivity contribution in [1.82, 2.24) is 0 Å². The van der Waals surface area contributed by atoms with Crippen LogP contribution in [0.4, 0.5) is 0 Å². The molecule has 0 unspecified atom stereocenters. The number of hydrogen-bond acceptors (Lipinski definition) is 4. The van der Waals surface area contributed by atoms with Gasteiger partial charge in [-0.3, -0.25) is 0 Å². The Morgan fingerprint density at radius 2 is 1.91 bits per heavy atom. The van der Waals surface area contributed by atoms with Crippen LogP contribution in [0.2, 0.25) is 0 Å². The van der Waals surface area contributed by atoms with Crippen LogP contribution in [0.25, 0.3) is 0 Å². The molecule has 2 fully saturated rings. The SMILES string of the molecule is C=C1/C(=C\C=C2/CCC[C@]3(C)C(C(C)(C)OCCC(O)(CC)CC)=CC[C@@H]23)C[C@@H](O)C[C@@H]1O. The molecule has 33 heavy (non-hydrogen) atoms. The van der Waals surface area contributed by atoms with Crippen LogP contribution in [0.1, 0.15) is 92.4 Å². The van der Waals surface area contributed by atoms with E-state index in [2.05, 4.69) is 45.6 Å². The first-order valence-corrected chi connectivity index (χ1v) is 13.0. The Balaban J connectivity index is 1.74. The minimum atomic E-state index is -0.647. The molecule has 186 valence electrons. The van der Waals surface area contributed by atoms with Crippen molar-refractivity contribution in [3.8, 4) is 0 Å². The lowest BCUT2D eigenvalue weighted by molar-refractivity contribution is -0.0513. The maximum atomic E-state index is 10.6. The van der Waals surface area contributed by atoms with E-state index in [4.69, 9.17) is 4.74 Å². The summed E-state index contributed by atoms with van der Waals surface area (Å²) in [5.41, 5.74) is 3.63. The quantitative estimate of drug-likeness (QED) is 0.403. The highest BCUT2D eigenvalue weighted by atomic mass is 16.5. The van der Waals surface area contributed by atoms with Crippen molar-refractivity contribution < 1.29 is 20.1 Å². The Labute approximate surface area is 201 Å². The molecule has 0 radical (unpaired) electrons. The van der Waals surface area contributed by atoms with Gasteiger partial charge in [-0.05, 0) is 93.3 Å². The third-order valence-corrected chi connectivity index (χ3v) is 8.81. The molecule has 0 amide bonds. The average Bonchev–Trinajstić information content (AvgIpc) is 3.13. The van der Waals surface area contributed by atoms with Crippen LogP contribution in [-0.4, -0.2) is 45.3 Å². The van der Waals surface area contributed by atoms with Gasteiger partial charge in [0.2, 0.25) is 0 Å². The second-order valence-corrected chi connectivity index (χ2v) is 11.3. The average molecular weight is 459 g/mol. The summed E-state index contributed by atoms with van der Waals surface area (Å²) in [6.45, 7) is 15.4. The molecule has 0 aliphatic heterocycles. The first kappa shape index (κ1) is 26.4. The van der Waals surface area contributed by atoms with E-state index in [-0.39, 0.29) is 11.0 Å². The monoisotopic (exact) mass is 458 g/mol. The Morgan fingerprint density at radius 1 is 1.21 bits per heavy atom. The summed E-state index contributed by atoms with van der Waals surface area (Å²) >= 11 is 0. The van der Waals surface area contributed by atoms with E-state index in [1.807, 2.05) is 13.8 Å². The molecule has 3 rings (SSSR count). The fourth-order valence-electron chi connectivity index (χ4n) is 6.40. The summed E-state index contributed by atoms with van der Waals surface area (Å²) in [5, 5.41) is 30.9. The summed E-state index contributed by atoms with van der Waals surface area (Å²) in [7, 11) is 0. The van der Waals surface area contributed by atoms with E-state index in [1.54, 1.807) is 0 Å². The highest BCUT2D eigenvalue weighted by Gasteiger charge is 2.49. The lowest BCUT2D eigenvalue weighted by Crippen LogP contribution is -2.41. The van der Waals surface area contributed by atoms with Gasteiger partial charge >= 0.3 is 0 Å². The molecule has 0 aromatic rings. The molecule has 2 saturated carbocycles. The second-order valence-electron chi connectivity index (χ2n) is 11.3. The molecule has 0 saturated heterocycles. The fraction of sp³-hybridized carbons (Fsp3) is 0.724. The van der Waals surface area contributed by atoms with E-state index in [9.17, 15) is 15.3 Å². The molecule has 0 heterocycles. The Morgan fingerprint density at radius 3 is 2.58 bits per heavy atom. The number of allylic oxidation sites excluding steroid dienone is 4. The zero-order chi connectivity index (χ0) is 24.4. The number of ether oxygens (including phenoxy) is 1. The van der Waals surface area contributed by atoms with E-state index in [1.165, 1.54) is 11.1 Å². The van der Waals surface area contributed by atoms with Gasteiger partial charge in [0.05, 0.1) is 30.0 Å². The van der Waals surface area contributed by atoms with Crippen molar-refractivity contribution >= 4 is 0 Å². The first-order valence-electron chi connectivity index (χ1n) is 13.0. The van der Waals surface area contributed by atoms with Crippen molar-refractivity contribution in [3.63, 3.8) is 0 Å². The van der Waals surface area contributed by atoms with Gasteiger partial charge < -0.3 is 20.1 Å². The van der Waals surface area contributed by atoms with Gasteiger partial charge in [-0.15, -0.1) is 0 Å². The van der Waals surface area contributed by atoms with Crippen LogP contribution in [0.5, 0.6) is 0 Å². The Kier molecular flexibility index (Phi) is 8.16. The standard InChI is InChI=1S/C29H46O4/c1-7-29(32,8-2)16-17-33-27(4,5)26-14-13-24-21(10-9-15-28(24,26)6)11-12-22-18-23(30)19-25(31)20(22)3/h11-12,14,23-25,30-32H,3,7-10,13,15-19H2,1-2,4-6H3/b21-11+,22-12-/t23-,24+,25+,28+/m1/s1. The Bertz CT molecular complexity index is 813. The van der Waals surface area contributed by atoms with E-state index in [0.29, 0.717) is 31.8 Å². The predicted octanol–water partition coefficient (Wildman–Crippen LogP) is 5.78. The number of aliphatic hydroxyl groups is 3. The zero-order valence-electron chi connectivity index (χ0n) is 21.5. The summed E-state index contributed by atoms with van der Waals surface area (Å²) in [4.78, 5) is 0. The van der Waals surface area contributed by atoms with Crippen LogP contribution in [0.15, 0.2) is 47.1 Å². The molecule has 3 N–H and O–H groups in total. The summed E-state index contributed by atoms with van der Waals surface area (Å²) in [6, 6.07) is 0. The third kappa shape index (κ3) is 5.56. The second kappa shape index (κ2) is 10.2. The van der Waals surface area contributed by atoms with Gasteiger partial charge in [-0.2, -0.15) is 0 Å². The van der Waals surface area contributed by atoms with Crippen LogP contribution in [0.3, 0.4) is 0 Å². The van der Waals surface area contributed by atoms with Gasteiger partial charge in [0.15, 0.2) is 0 Å². The predicted molar refractivity (Wildman–Crippen MR) is 135 cm³/mol. The van der Waals surface area contributed by atoms with E-state index >= 15 is 0 Å². The molecule has 0 aromatic heterocycles. The van der Waals surface area contributed by atoms with Crippen molar-refractivity contribution in [2.75, 3.05) is 6.61 Å². The van der Waals surface area contributed by atoms with Gasteiger partial charge in [0.1, 0.15) is 0 Å². The van der Waals surface area contributed by atoms with Gasteiger partial charge in [0.25, 0.3) is 0 Å². The van der Waals surface area contributed by atoms with Gasteiger partial charge in [-0.1, -0.05) is 51.2 Å². The highest BCUT2D eigenvalue weighted by molar-refractivity contribution is 5.41. The van der Waals surface area contributed by atoms with Crippen LogP contribution in [0, 0.1) is 11.3 Å².